The Labute approximate surface area is 213 Å². The Morgan fingerprint density at radius 1 is 1.03 bits per heavy atom. The van der Waals surface area contributed by atoms with Crippen LogP contribution in [0, 0.1) is 13.8 Å². The van der Waals surface area contributed by atoms with Crippen molar-refractivity contribution in [1.82, 2.24) is 10.1 Å². The molecule has 0 saturated carbocycles. The lowest BCUT2D eigenvalue weighted by Gasteiger charge is -2.18. The average molecular weight is 508 g/mol. The van der Waals surface area contributed by atoms with Gasteiger partial charge in [-0.2, -0.15) is 5.10 Å². The summed E-state index contributed by atoms with van der Waals surface area (Å²) in [5.41, 5.74) is 7.04. The number of rotatable bonds is 10. The lowest BCUT2D eigenvalue weighted by molar-refractivity contribution is -0.121. The summed E-state index contributed by atoms with van der Waals surface area (Å²) in [7, 11) is -2.20. The molecule has 0 aliphatic carbocycles. The number of ether oxygens (including phenoxy) is 1. The number of nitrogens with zero attached hydrogens (tertiary/aromatic N) is 1. The third-order valence-electron chi connectivity index (χ3n) is 5.85. The topological polar surface area (TPSA) is 96.9 Å². The highest BCUT2D eigenvalue weighted by molar-refractivity contribution is 7.89. The van der Waals surface area contributed by atoms with E-state index in [1.54, 1.807) is 61.9 Å². The van der Waals surface area contributed by atoms with Crippen LogP contribution < -0.4 is 14.9 Å². The van der Waals surface area contributed by atoms with Gasteiger partial charge in [-0.15, -0.1) is 0 Å². The Balaban J connectivity index is 1.76. The Morgan fingerprint density at radius 3 is 2.31 bits per heavy atom. The van der Waals surface area contributed by atoms with E-state index in [1.165, 1.54) is 0 Å². The lowest BCUT2D eigenvalue weighted by Crippen LogP contribution is -2.32. The summed E-state index contributed by atoms with van der Waals surface area (Å²) in [6, 6.07) is 18.8. The van der Waals surface area contributed by atoms with Gasteiger partial charge in [0.2, 0.25) is 15.9 Å². The van der Waals surface area contributed by atoms with Gasteiger partial charge in [-0.25, -0.2) is 18.6 Å². The maximum atomic E-state index is 13.0. The first-order valence-corrected chi connectivity index (χ1v) is 13.2. The highest BCUT2D eigenvalue weighted by Crippen LogP contribution is 2.29. The molecule has 36 heavy (non-hydrogen) atoms. The largest absolute Gasteiger partial charge is 0.496 e. The number of amides is 1. The van der Waals surface area contributed by atoms with Crippen LogP contribution in [0.3, 0.4) is 0 Å². The molecule has 2 N–H and O–H groups in total. The Hall–Kier alpha value is -3.49. The van der Waals surface area contributed by atoms with Crippen LogP contribution in [0.2, 0.25) is 0 Å². The second-order valence-electron chi connectivity index (χ2n) is 9.00. The molecule has 0 spiro atoms. The zero-order chi connectivity index (χ0) is 26.3. The molecule has 8 heteroatoms. The Morgan fingerprint density at radius 2 is 1.69 bits per heavy atom. The number of carbonyl (C=O) groups is 1. The quantitative estimate of drug-likeness (QED) is 0.298. The summed E-state index contributed by atoms with van der Waals surface area (Å²) >= 11 is 0. The molecule has 0 aromatic heterocycles. The first-order valence-electron chi connectivity index (χ1n) is 11.7. The fraction of sp³-hybridized carbons (Fsp3) is 0.286. The van der Waals surface area contributed by atoms with Crippen molar-refractivity contribution in [3.05, 3.63) is 94.5 Å². The minimum absolute atomic E-state index is 0.120. The number of aryl methyl sites for hydroxylation is 2. The molecule has 0 fully saturated rings. The van der Waals surface area contributed by atoms with Gasteiger partial charge in [0.1, 0.15) is 5.75 Å². The molecule has 0 bridgehead atoms. The number of benzene rings is 3. The smallest absolute Gasteiger partial charge is 0.242 e. The van der Waals surface area contributed by atoms with Crippen LogP contribution in [0.4, 0.5) is 0 Å². The number of sulfonamides is 1. The third kappa shape index (κ3) is 7.02. The summed E-state index contributed by atoms with van der Waals surface area (Å²) in [5, 5.41) is 4.13. The molecule has 0 unspecified atom stereocenters. The summed E-state index contributed by atoms with van der Waals surface area (Å²) in [6.07, 6.45) is 1.47. The fourth-order valence-corrected chi connectivity index (χ4v) is 5.00. The predicted octanol–water partition coefficient (Wildman–Crippen LogP) is 5.00. The maximum Gasteiger partial charge on any atom is 0.242 e. The molecule has 0 aliphatic heterocycles. The van der Waals surface area contributed by atoms with Crippen LogP contribution in [0.25, 0.3) is 0 Å². The third-order valence-corrected chi connectivity index (χ3v) is 7.34. The van der Waals surface area contributed by atoms with Crippen molar-refractivity contribution in [2.75, 3.05) is 7.11 Å². The first-order chi connectivity index (χ1) is 17.1. The number of hydrogen-bond donors (Lipinski definition) is 2. The molecule has 1 amide bonds. The monoisotopic (exact) mass is 507 g/mol. The van der Waals surface area contributed by atoms with Crippen LogP contribution in [0.1, 0.15) is 60.0 Å². The zero-order valence-electron chi connectivity index (χ0n) is 21.3. The molecule has 1 atom stereocenters. The van der Waals surface area contributed by atoms with Crippen LogP contribution in [0.5, 0.6) is 5.75 Å². The van der Waals surface area contributed by atoms with E-state index in [4.69, 9.17) is 4.74 Å². The highest BCUT2D eigenvalue weighted by atomic mass is 32.2. The lowest BCUT2D eigenvalue weighted by atomic mass is 9.97. The average Bonchev–Trinajstić information content (AvgIpc) is 2.85. The van der Waals surface area contributed by atoms with Crippen LogP contribution in [0.15, 0.2) is 76.7 Å². The van der Waals surface area contributed by atoms with E-state index in [0.29, 0.717) is 5.56 Å². The number of hydrazone groups is 1. The molecule has 3 aromatic rings. The molecule has 3 aromatic carbocycles. The molecule has 0 radical (unpaired) electrons. The SMILES string of the molecule is COc1cc(C)c(/C=N\NC(=O)C[C@H](NS(=O)(=O)c2ccc(C)cc2)c2ccccc2)cc1C(C)C. The second-order valence-corrected chi connectivity index (χ2v) is 10.7. The van der Waals surface area contributed by atoms with Gasteiger partial charge < -0.3 is 4.74 Å². The molecule has 7 nitrogen and oxygen atoms in total. The molecular formula is C28H33N3O4S. The number of methoxy groups -OCH3 is 1. The Kier molecular flexibility index (Phi) is 9.01. The van der Waals surface area contributed by atoms with Gasteiger partial charge in [0.15, 0.2) is 0 Å². The molecule has 0 heterocycles. The van der Waals surface area contributed by atoms with Gasteiger partial charge in [-0.1, -0.05) is 61.9 Å². The summed E-state index contributed by atoms with van der Waals surface area (Å²) in [4.78, 5) is 12.9. The van der Waals surface area contributed by atoms with E-state index in [-0.39, 0.29) is 17.2 Å². The van der Waals surface area contributed by atoms with Gasteiger partial charge in [-0.3, -0.25) is 4.79 Å². The predicted molar refractivity (Wildman–Crippen MR) is 143 cm³/mol. The maximum absolute atomic E-state index is 13.0. The number of nitrogens with one attached hydrogen (secondary N) is 2. The minimum Gasteiger partial charge on any atom is -0.496 e. The second kappa shape index (κ2) is 12.0. The van der Waals surface area contributed by atoms with Gasteiger partial charge in [0.25, 0.3) is 0 Å². The van der Waals surface area contributed by atoms with Gasteiger partial charge in [0, 0.05) is 6.42 Å². The molecule has 3 rings (SSSR count). The molecule has 0 saturated heterocycles. The van der Waals surface area contributed by atoms with Crippen molar-refractivity contribution < 1.29 is 17.9 Å². The van der Waals surface area contributed by atoms with Crippen molar-refractivity contribution in [2.45, 2.75) is 51.0 Å². The minimum atomic E-state index is -3.84. The van der Waals surface area contributed by atoms with E-state index in [0.717, 1.165) is 28.0 Å². The highest BCUT2D eigenvalue weighted by Gasteiger charge is 2.23. The van der Waals surface area contributed by atoms with E-state index in [1.807, 2.05) is 32.0 Å². The van der Waals surface area contributed by atoms with Crippen LogP contribution >= 0.6 is 0 Å². The van der Waals surface area contributed by atoms with E-state index in [9.17, 15) is 13.2 Å². The summed E-state index contributed by atoms with van der Waals surface area (Å²) < 4.78 is 34.2. The van der Waals surface area contributed by atoms with E-state index >= 15 is 0 Å². The van der Waals surface area contributed by atoms with Gasteiger partial charge in [-0.05, 0) is 66.3 Å². The van der Waals surface area contributed by atoms with Crippen molar-refractivity contribution in [3.8, 4) is 5.75 Å². The van der Waals surface area contributed by atoms with Crippen molar-refractivity contribution >= 4 is 22.1 Å². The van der Waals surface area contributed by atoms with E-state index < -0.39 is 22.0 Å². The van der Waals surface area contributed by atoms with Crippen LogP contribution in [-0.2, 0) is 14.8 Å². The van der Waals surface area contributed by atoms with Crippen LogP contribution in [-0.4, -0.2) is 27.6 Å². The van der Waals surface area contributed by atoms with E-state index in [2.05, 4.69) is 29.1 Å². The molecular weight excluding hydrogens is 474 g/mol. The number of carbonyl (C=O) groups excluding carboxylic acids is 1. The number of hydrogen-bond acceptors (Lipinski definition) is 5. The fourth-order valence-electron chi connectivity index (χ4n) is 3.77. The Bertz CT molecular complexity index is 1320. The van der Waals surface area contributed by atoms with Gasteiger partial charge >= 0.3 is 0 Å². The molecule has 0 aliphatic rings. The first kappa shape index (κ1) is 27.1. The van der Waals surface area contributed by atoms with Gasteiger partial charge in [0.05, 0.1) is 24.3 Å². The normalized spacial score (nSPS) is 12.6. The zero-order valence-corrected chi connectivity index (χ0v) is 22.1. The van der Waals surface area contributed by atoms with Crippen molar-refractivity contribution in [1.29, 1.82) is 0 Å². The van der Waals surface area contributed by atoms with Crippen molar-refractivity contribution in [2.24, 2.45) is 5.10 Å². The standard InChI is InChI=1S/C28H33N3O4S/c1-19(2)25-16-23(21(4)15-27(25)35-5)18-29-30-28(32)17-26(22-9-7-6-8-10-22)31-36(33,34)24-13-11-20(3)12-14-24/h6-16,18-19,26,31H,17H2,1-5H3,(H,30,32)/b29-18-/t26-/m0/s1. The summed E-state index contributed by atoms with van der Waals surface area (Å²) in [5.74, 6) is 0.660. The molecule has 190 valence electrons. The van der Waals surface area contributed by atoms with Crippen molar-refractivity contribution in [3.63, 3.8) is 0 Å². The summed E-state index contributed by atoms with van der Waals surface area (Å²) in [6.45, 7) is 7.99.